The molecule has 0 saturated heterocycles. The third kappa shape index (κ3) is 6.91. The van der Waals surface area contributed by atoms with Gasteiger partial charge in [0, 0.05) is 10.6 Å². The highest BCUT2D eigenvalue weighted by Crippen LogP contribution is 2.25. The molecule has 0 fully saturated rings. The van der Waals surface area contributed by atoms with Crippen LogP contribution in [0.2, 0.25) is 5.02 Å². The van der Waals surface area contributed by atoms with Gasteiger partial charge in [0.05, 0.1) is 33.0 Å². The molecule has 0 amide bonds. The van der Waals surface area contributed by atoms with Crippen LogP contribution in [0.3, 0.4) is 0 Å². The second-order valence-corrected chi connectivity index (χ2v) is 8.07. The zero-order valence-electron chi connectivity index (χ0n) is 22.2. The van der Waals surface area contributed by atoms with Gasteiger partial charge in [0.25, 0.3) is 0 Å². The first-order valence-electron chi connectivity index (χ1n) is 12.2. The quantitative estimate of drug-likeness (QED) is 0.213. The molecule has 0 radical (unpaired) electrons. The van der Waals surface area contributed by atoms with Crippen molar-refractivity contribution in [3.8, 4) is 5.75 Å². The SMILES string of the molecule is CCOC(=O)c1nnn(COc2ccc(Cl)cc2Cn2nnc(C(=O)OCC)c2C(=O)OCC)c1C(=O)OCC. The number of rotatable bonds is 13. The minimum Gasteiger partial charge on any atom is -0.471 e. The van der Waals surface area contributed by atoms with E-state index < -0.39 is 23.9 Å². The van der Waals surface area contributed by atoms with Crippen LogP contribution >= 0.6 is 11.6 Å². The van der Waals surface area contributed by atoms with Crippen LogP contribution in [0.4, 0.5) is 0 Å². The topological polar surface area (TPSA) is 176 Å². The summed E-state index contributed by atoms with van der Waals surface area (Å²) in [5, 5.41) is 15.7. The summed E-state index contributed by atoms with van der Waals surface area (Å²) >= 11 is 6.21. The molecule has 40 heavy (non-hydrogen) atoms. The molecule has 0 atom stereocenters. The Labute approximate surface area is 233 Å². The van der Waals surface area contributed by atoms with Crippen molar-refractivity contribution >= 4 is 35.5 Å². The minimum absolute atomic E-state index is 0.0446. The predicted molar refractivity (Wildman–Crippen MR) is 135 cm³/mol. The minimum atomic E-state index is -0.848. The Kier molecular flexibility index (Phi) is 10.5. The summed E-state index contributed by atoms with van der Waals surface area (Å²) in [6, 6.07) is 4.64. The second kappa shape index (κ2) is 14.0. The smallest absolute Gasteiger partial charge is 0.361 e. The zero-order chi connectivity index (χ0) is 29.2. The molecule has 0 aliphatic rings. The Hall–Kier alpha value is -4.53. The van der Waals surface area contributed by atoms with E-state index in [2.05, 4.69) is 20.6 Å². The summed E-state index contributed by atoms with van der Waals surface area (Å²) in [6.07, 6.45) is 0. The van der Waals surface area contributed by atoms with Crippen LogP contribution in [0.25, 0.3) is 0 Å². The third-order valence-corrected chi connectivity index (χ3v) is 5.27. The van der Waals surface area contributed by atoms with Crippen molar-refractivity contribution in [1.29, 1.82) is 0 Å². The normalized spacial score (nSPS) is 10.6. The molecule has 0 bridgehead atoms. The molecule has 0 aliphatic heterocycles. The Bertz CT molecular complexity index is 1390. The van der Waals surface area contributed by atoms with Crippen molar-refractivity contribution in [2.75, 3.05) is 26.4 Å². The van der Waals surface area contributed by atoms with Gasteiger partial charge in [0.2, 0.25) is 11.4 Å². The molecule has 3 aromatic rings. The van der Waals surface area contributed by atoms with Crippen LogP contribution in [0, 0.1) is 0 Å². The highest BCUT2D eigenvalue weighted by Gasteiger charge is 2.29. The summed E-state index contributed by atoms with van der Waals surface area (Å²) in [6.45, 7) is 6.17. The molecule has 16 heteroatoms. The third-order valence-electron chi connectivity index (χ3n) is 5.03. The molecule has 0 spiro atoms. The van der Waals surface area contributed by atoms with Crippen molar-refractivity contribution in [2.24, 2.45) is 0 Å². The van der Waals surface area contributed by atoms with Crippen molar-refractivity contribution < 1.29 is 42.9 Å². The van der Waals surface area contributed by atoms with Crippen LogP contribution in [0.1, 0.15) is 75.2 Å². The van der Waals surface area contributed by atoms with Gasteiger partial charge in [0.1, 0.15) is 5.75 Å². The van der Waals surface area contributed by atoms with Gasteiger partial charge in [-0.1, -0.05) is 22.0 Å². The number of ether oxygens (including phenoxy) is 5. The lowest BCUT2D eigenvalue weighted by atomic mass is 10.2. The summed E-state index contributed by atoms with van der Waals surface area (Å²) in [4.78, 5) is 49.9. The Morgan fingerprint density at radius 1 is 0.725 bits per heavy atom. The zero-order valence-corrected chi connectivity index (χ0v) is 23.0. The maximum atomic E-state index is 12.7. The molecule has 1 aromatic carbocycles. The number of aromatic nitrogens is 6. The summed E-state index contributed by atoms with van der Waals surface area (Å²) in [7, 11) is 0. The number of benzene rings is 1. The molecule has 15 nitrogen and oxygen atoms in total. The lowest BCUT2D eigenvalue weighted by Crippen LogP contribution is -2.20. The van der Waals surface area contributed by atoms with E-state index in [-0.39, 0.29) is 68.2 Å². The molecule has 3 rings (SSSR count). The molecule has 2 aromatic heterocycles. The predicted octanol–water partition coefficient (Wildman–Crippen LogP) is 2.31. The molecular formula is C24H27ClN6O9. The van der Waals surface area contributed by atoms with E-state index in [4.69, 9.17) is 35.3 Å². The fourth-order valence-electron chi connectivity index (χ4n) is 3.41. The fraction of sp³-hybridized carbons (Fsp3) is 0.417. The molecule has 0 N–H and O–H groups in total. The number of carbonyl (C=O) groups excluding carboxylic acids is 4. The highest BCUT2D eigenvalue weighted by molar-refractivity contribution is 6.30. The summed E-state index contributed by atoms with van der Waals surface area (Å²) in [5.74, 6) is -3.11. The molecule has 0 unspecified atom stereocenters. The van der Waals surface area contributed by atoms with Gasteiger partial charge in [-0.2, -0.15) is 0 Å². The van der Waals surface area contributed by atoms with Crippen LogP contribution in [-0.2, 0) is 32.2 Å². The van der Waals surface area contributed by atoms with E-state index in [0.29, 0.717) is 10.6 Å². The monoisotopic (exact) mass is 578 g/mol. The van der Waals surface area contributed by atoms with Crippen LogP contribution in [0.5, 0.6) is 5.75 Å². The molecular weight excluding hydrogens is 552 g/mol. The van der Waals surface area contributed by atoms with E-state index in [1.54, 1.807) is 39.8 Å². The largest absolute Gasteiger partial charge is 0.471 e. The van der Waals surface area contributed by atoms with Crippen molar-refractivity contribution in [1.82, 2.24) is 30.0 Å². The lowest BCUT2D eigenvalue weighted by molar-refractivity contribution is 0.0461. The summed E-state index contributed by atoms with van der Waals surface area (Å²) < 4.78 is 28.1. The Morgan fingerprint density at radius 2 is 1.20 bits per heavy atom. The number of nitrogens with zero attached hydrogens (tertiary/aromatic N) is 6. The molecule has 214 valence electrons. The van der Waals surface area contributed by atoms with E-state index in [1.165, 1.54) is 6.07 Å². The van der Waals surface area contributed by atoms with Crippen LogP contribution in [0.15, 0.2) is 18.2 Å². The highest BCUT2D eigenvalue weighted by atomic mass is 35.5. The number of carbonyl (C=O) groups is 4. The van der Waals surface area contributed by atoms with Gasteiger partial charge in [0.15, 0.2) is 18.1 Å². The maximum absolute atomic E-state index is 12.7. The standard InChI is InChI=1S/C24H27ClN6O9/c1-5-36-21(32)17-19(23(34)38-7-3)30(28-26-17)12-14-11-15(25)9-10-16(14)40-13-31-20(24(35)39-8-4)18(27-29-31)22(33)37-6-2/h9-11H,5-8,12-13H2,1-4H3. The van der Waals surface area contributed by atoms with Crippen molar-refractivity contribution in [3.05, 3.63) is 51.6 Å². The Morgan fingerprint density at radius 3 is 1.73 bits per heavy atom. The number of hydrogen-bond donors (Lipinski definition) is 0. The number of halogens is 1. The first-order valence-corrected chi connectivity index (χ1v) is 12.6. The van der Waals surface area contributed by atoms with Gasteiger partial charge in [-0.15, -0.1) is 10.2 Å². The van der Waals surface area contributed by atoms with Gasteiger partial charge in [-0.05, 0) is 45.9 Å². The lowest BCUT2D eigenvalue weighted by Gasteiger charge is -2.14. The van der Waals surface area contributed by atoms with Crippen LogP contribution < -0.4 is 4.74 Å². The second-order valence-electron chi connectivity index (χ2n) is 7.64. The van der Waals surface area contributed by atoms with Gasteiger partial charge < -0.3 is 23.7 Å². The Balaban J connectivity index is 1.94. The average Bonchev–Trinajstić information content (AvgIpc) is 3.53. The van der Waals surface area contributed by atoms with E-state index in [9.17, 15) is 19.2 Å². The average molecular weight is 579 g/mol. The van der Waals surface area contributed by atoms with Crippen molar-refractivity contribution in [2.45, 2.75) is 41.0 Å². The van der Waals surface area contributed by atoms with E-state index >= 15 is 0 Å². The molecule has 0 saturated carbocycles. The molecule has 0 aliphatic carbocycles. The van der Waals surface area contributed by atoms with Crippen LogP contribution in [-0.4, -0.2) is 80.3 Å². The van der Waals surface area contributed by atoms with Crippen molar-refractivity contribution in [3.63, 3.8) is 0 Å². The van der Waals surface area contributed by atoms with Gasteiger partial charge in [-0.25, -0.2) is 28.5 Å². The number of hydrogen-bond acceptors (Lipinski definition) is 13. The fourth-order valence-corrected chi connectivity index (χ4v) is 3.60. The first-order chi connectivity index (χ1) is 19.2. The molecule has 2 heterocycles. The van der Waals surface area contributed by atoms with E-state index in [1.807, 2.05) is 0 Å². The van der Waals surface area contributed by atoms with Gasteiger partial charge >= 0.3 is 23.9 Å². The maximum Gasteiger partial charge on any atom is 0.361 e. The van der Waals surface area contributed by atoms with Gasteiger partial charge in [-0.3, -0.25) is 0 Å². The van der Waals surface area contributed by atoms with E-state index in [0.717, 1.165) is 9.36 Å². The number of esters is 4. The first kappa shape index (κ1) is 30.0. The summed E-state index contributed by atoms with van der Waals surface area (Å²) in [5.41, 5.74) is -0.685.